The summed E-state index contributed by atoms with van der Waals surface area (Å²) >= 11 is 0. The molecule has 1 saturated heterocycles. The third-order valence-electron chi connectivity index (χ3n) is 1.74. The average Bonchev–Trinajstić information content (AvgIpc) is 2.14. The molecule has 0 aromatic rings. The Morgan fingerprint density at radius 3 is 2.62 bits per heavy atom. The molecule has 1 rings (SSSR count). The summed E-state index contributed by atoms with van der Waals surface area (Å²) in [5.41, 5.74) is 0. The molecule has 1 nitrogen and oxygen atoms in total. The van der Waals surface area contributed by atoms with E-state index in [-0.39, 0.29) is 0 Å². The van der Waals surface area contributed by atoms with Crippen LogP contribution in [0.15, 0.2) is 0 Å². The van der Waals surface area contributed by atoms with Crippen LogP contribution in [0.2, 0.25) is 0 Å². The minimum Gasteiger partial charge on any atom is -0.378 e. The highest BCUT2D eigenvalue weighted by Gasteiger charge is 2.19. The van der Waals surface area contributed by atoms with Gasteiger partial charge < -0.3 is 4.74 Å². The topological polar surface area (TPSA) is 9.23 Å². The van der Waals surface area contributed by atoms with E-state index < -0.39 is 0 Å². The Kier molecular flexibility index (Phi) is 1.90. The van der Waals surface area contributed by atoms with Gasteiger partial charge in [-0.2, -0.15) is 0 Å². The summed E-state index contributed by atoms with van der Waals surface area (Å²) < 4.78 is 5.41. The molecule has 0 bridgehead atoms. The zero-order valence-corrected chi connectivity index (χ0v) is 5.68. The van der Waals surface area contributed by atoms with Crippen LogP contribution in [-0.4, -0.2) is 12.7 Å². The summed E-state index contributed by atoms with van der Waals surface area (Å²) in [5.74, 6) is 0.806. The van der Waals surface area contributed by atoms with Crippen molar-refractivity contribution in [1.29, 1.82) is 0 Å². The minimum atomic E-state index is 0.574. The zero-order valence-electron chi connectivity index (χ0n) is 5.68. The van der Waals surface area contributed by atoms with Gasteiger partial charge >= 0.3 is 0 Å². The summed E-state index contributed by atoms with van der Waals surface area (Å²) in [7, 11) is 0. The molecule has 0 radical (unpaired) electrons. The van der Waals surface area contributed by atoms with Crippen molar-refractivity contribution in [3.8, 4) is 0 Å². The third kappa shape index (κ3) is 1.22. The predicted molar refractivity (Wildman–Crippen MR) is 33.8 cm³/mol. The minimum absolute atomic E-state index is 0.574. The monoisotopic (exact) mass is 114 g/mol. The van der Waals surface area contributed by atoms with Crippen LogP contribution >= 0.6 is 0 Å². The lowest BCUT2D eigenvalue weighted by molar-refractivity contribution is 0.105. The molecule has 0 aromatic carbocycles. The maximum absolute atomic E-state index is 5.41. The zero-order chi connectivity index (χ0) is 5.98. The largest absolute Gasteiger partial charge is 0.378 e. The van der Waals surface area contributed by atoms with Crippen molar-refractivity contribution in [2.75, 3.05) is 6.61 Å². The van der Waals surface area contributed by atoms with Gasteiger partial charge in [-0.15, -0.1) is 0 Å². The van der Waals surface area contributed by atoms with Crippen LogP contribution in [-0.2, 0) is 4.74 Å². The molecule has 8 heavy (non-hydrogen) atoms. The van der Waals surface area contributed by atoms with Crippen LogP contribution in [0.4, 0.5) is 0 Å². The standard InChI is InChI=1S/C7H14O/c1-3-7-4-6(2)5-8-7/h6-7H,3-5H2,1-2H3/t6-,7+/m0/s1. The molecule has 1 heteroatoms. The van der Waals surface area contributed by atoms with Crippen molar-refractivity contribution in [1.82, 2.24) is 0 Å². The van der Waals surface area contributed by atoms with Gasteiger partial charge in [-0.1, -0.05) is 13.8 Å². The molecule has 1 heterocycles. The molecule has 1 aliphatic heterocycles. The lowest BCUT2D eigenvalue weighted by Crippen LogP contribution is -2.00. The van der Waals surface area contributed by atoms with E-state index in [1.807, 2.05) is 0 Å². The molecule has 0 N–H and O–H groups in total. The fraction of sp³-hybridized carbons (Fsp3) is 1.00. The van der Waals surface area contributed by atoms with Gasteiger partial charge in [-0.05, 0) is 18.8 Å². The maximum atomic E-state index is 5.41. The third-order valence-corrected chi connectivity index (χ3v) is 1.74. The molecule has 0 aliphatic carbocycles. The van der Waals surface area contributed by atoms with Crippen LogP contribution in [0.5, 0.6) is 0 Å². The first-order valence-corrected chi connectivity index (χ1v) is 3.44. The van der Waals surface area contributed by atoms with Crippen LogP contribution in [0.25, 0.3) is 0 Å². The van der Waals surface area contributed by atoms with Crippen LogP contribution < -0.4 is 0 Å². The molecular formula is C7H14O. The highest BCUT2D eigenvalue weighted by Crippen LogP contribution is 2.20. The van der Waals surface area contributed by atoms with Gasteiger partial charge in [0.25, 0.3) is 0 Å². The van der Waals surface area contributed by atoms with Crippen molar-refractivity contribution in [3.05, 3.63) is 0 Å². The number of hydrogen-bond acceptors (Lipinski definition) is 1. The van der Waals surface area contributed by atoms with Crippen LogP contribution in [0.3, 0.4) is 0 Å². The average molecular weight is 114 g/mol. The van der Waals surface area contributed by atoms with Crippen molar-refractivity contribution >= 4 is 0 Å². The van der Waals surface area contributed by atoms with E-state index >= 15 is 0 Å². The lowest BCUT2D eigenvalue weighted by atomic mass is 10.1. The Labute approximate surface area is 51.0 Å². The fourth-order valence-corrected chi connectivity index (χ4v) is 1.17. The highest BCUT2D eigenvalue weighted by molar-refractivity contribution is 4.67. The second kappa shape index (κ2) is 2.49. The van der Waals surface area contributed by atoms with E-state index in [1.54, 1.807) is 0 Å². The molecule has 0 unspecified atom stereocenters. The van der Waals surface area contributed by atoms with Crippen LogP contribution in [0.1, 0.15) is 26.7 Å². The Bertz CT molecular complexity index is 70.8. The fourth-order valence-electron chi connectivity index (χ4n) is 1.17. The van der Waals surface area contributed by atoms with E-state index in [2.05, 4.69) is 13.8 Å². The van der Waals surface area contributed by atoms with E-state index in [9.17, 15) is 0 Å². The molecule has 1 aliphatic rings. The number of rotatable bonds is 1. The number of ether oxygens (including phenoxy) is 1. The van der Waals surface area contributed by atoms with E-state index in [1.165, 1.54) is 12.8 Å². The lowest BCUT2D eigenvalue weighted by Gasteiger charge is -2.01. The summed E-state index contributed by atoms with van der Waals surface area (Å²) in [4.78, 5) is 0. The van der Waals surface area contributed by atoms with Crippen molar-refractivity contribution in [3.63, 3.8) is 0 Å². The Morgan fingerprint density at radius 1 is 1.62 bits per heavy atom. The second-order valence-electron chi connectivity index (χ2n) is 2.70. The highest BCUT2D eigenvalue weighted by atomic mass is 16.5. The van der Waals surface area contributed by atoms with Gasteiger partial charge in [0.15, 0.2) is 0 Å². The van der Waals surface area contributed by atoms with Crippen molar-refractivity contribution in [2.24, 2.45) is 5.92 Å². The van der Waals surface area contributed by atoms with Gasteiger partial charge in [0.1, 0.15) is 0 Å². The first kappa shape index (κ1) is 6.09. The van der Waals surface area contributed by atoms with E-state index in [4.69, 9.17) is 4.74 Å². The molecule has 0 saturated carbocycles. The maximum Gasteiger partial charge on any atom is 0.0576 e. The summed E-state index contributed by atoms with van der Waals surface area (Å²) in [6.07, 6.45) is 3.03. The first-order valence-electron chi connectivity index (χ1n) is 3.44. The van der Waals surface area contributed by atoms with Crippen LogP contribution in [0, 0.1) is 5.92 Å². The molecule has 0 amide bonds. The van der Waals surface area contributed by atoms with Gasteiger partial charge in [0, 0.05) is 6.61 Å². The molecule has 2 atom stereocenters. The second-order valence-corrected chi connectivity index (χ2v) is 2.70. The predicted octanol–water partition coefficient (Wildman–Crippen LogP) is 1.82. The smallest absolute Gasteiger partial charge is 0.0576 e. The van der Waals surface area contributed by atoms with E-state index in [0.717, 1.165) is 12.5 Å². The quantitative estimate of drug-likeness (QED) is 0.505. The molecule has 48 valence electrons. The van der Waals surface area contributed by atoms with Crippen molar-refractivity contribution in [2.45, 2.75) is 32.8 Å². The number of hydrogen-bond donors (Lipinski definition) is 0. The molecule has 0 spiro atoms. The summed E-state index contributed by atoms with van der Waals surface area (Å²) in [5, 5.41) is 0. The summed E-state index contributed by atoms with van der Waals surface area (Å²) in [6.45, 7) is 5.41. The van der Waals surface area contributed by atoms with Gasteiger partial charge in [-0.3, -0.25) is 0 Å². The first-order chi connectivity index (χ1) is 3.83. The molecular weight excluding hydrogens is 100 g/mol. The molecule has 0 aromatic heterocycles. The molecule has 1 fully saturated rings. The Hall–Kier alpha value is -0.0400. The summed E-state index contributed by atoms with van der Waals surface area (Å²) in [6, 6.07) is 0. The van der Waals surface area contributed by atoms with Gasteiger partial charge in [-0.25, -0.2) is 0 Å². The Balaban J connectivity index is 2.22. The van der Waals surface area contributed by atoms with E-state index in [0.29, 0.717) is 6.10 Å². The normalized spacial score (nSPS) is 38.2. The Morgan fingerprint density at radius 2 is 2.38 bits per heavy atom. The van der Waals surface area contributed by atoms with Gasteiger partial charge in [0.2, 0.25) is 0 Å². The van der Waals surface area contributed by atoms with Gasteiger partial charge in [0.05, 0.1) is 6.10 Å². The SMILES string of the molecule is CC[C@@H]1C[C@H](C)CO1. The van der Waals surface area contributed by atoms with Crippen molar-refractivity contribution < 1.29 is 4.74 Å².